The van der Waals surface area contributed by atoms with Crippen molar-refractivity contribution in [2.24, 2.45) is 0 Å². The lowest BCUT2D eigenvalue weighted by Crippen LogP contribution is -2.27. The number of carbonyl (C=O) groups is 1. The Labute approximate surface area is 214 Å². The zero-order chi connectivity index (χ0) is 23.9. The van der Waals surface area contributed by atoms with E-state index in [0.29, 0.717) is 39.6 Å². The summed E-state index contributed by atoms with van der Waals surface area (Å²) < 4.78 is 12.3. The zero-order valence-electron chi connectivity index (χ0n) is 18.7. The highest BCUT2D eigenvalue weighted by Crippen LogP contribution is 2.37. The number of thiocarbonyl (C=S) groups is 1. The Morgan fingerprint density at radius 2 is 1.74 bits per heavy atom. The van der Waals surface area contributed by atoms with Crippen LogP contribution < -0.4 is 14.4 Å². The molecule has 1 aliphatic heterocycles. The molecule has 174 valence electrons. The first kappa shape index (κ1) is 24.3. The van der Waals surface area contributed by atoms with Gasteiger partial charge >= 0.3 is 0 Å². The maximum absolute atomic E-state index is 13.1. The number of thioether (sulfide) groups is 1. The van der Waals surface area contributed by atoms with Gasteiger partial charge in [-0.1, -0.05) is 72.8 Å². The van der Waals surface area contributed by atoms with Crippen molar-refractivity contribution in [2.45, 2.75) is 19.8 Å². The Morgan fingerprint density at radius 1 is 1.00 bits per heavy atom. The molecule has 1 saturated heterocycles. The Bertz CT molecular complexity index is 1200. The van der Waals surface area contributed by atoms with Crippen molar-refractivity contribution in [3.05, 3.63) is 93.9 Å². The normalized spacial score (nSPS) is 14.6. The van der Waals surface area contributed by atoms with Gasteiger partial charge in [0, 0.05) is 17.0 Å². The first-order chi connectivity index (χ1) is 16.5. The lowest BCUT2D eigenvalue weighted by atomic mass is 10.1. The fourth-order valence-corrected chi connectivity index (χ4v) is 4.90. The molecular weight excluding hydrogens is 486 g/mol. The van der Waals surface area contributed by atoms with Gasteiger partial charge in [-0.25, -0.2) is 0 Å². The van der Waals surface area contributed by atoms with E-state index in [4.69, 9.17) is 33.3 Å². The topological polar surface area (TPSA) is 38.8 Å². The monoisotopic (exact) mass is 509 g/mol. The van der Waals surface area contributed by atoms with Crippen LogP contribution in [0.2, 0.25) is 5.02 Å². The van der Waals surface area contributed by atoms with Gasteiger partial charge in [0.2, 0.25) is 0 Å². The van der Waals surface area contributed by atoms with Crippen molar-refractivity contribution in [3.63, 3.8) is 0 Å². The number of carbonyl (C=O) groups excluding carboxylic acids is 1. The maximum atomic E-state index is 13.1. The number of hydrogen-bond acceptors (Lipinski definition) is 5. The maximum Gasteiger partial charge on any atom is 0.270 e. The predicted octanol–water partition coefficient (Wildman–Crippen LogP) is 7.16. The zero-order valence-corrected chi connectivity index (χ0v) is 21.1. The van der Waals surface area contributed by atoms with E-state index in [0.717, 1.165) is 23.4 Å². The number of anilines is 1. The minimum atomic E-state index is -0.158. The molecule has 1 aliphatic rings. The van der Waals surface area contributed by atoms with Crippen molar-refractivity contribution in [1.29, 1.82) is 0 Å². The minimum Gasteiger partial charge on any atom is -0.493 e. The Morgan fingerprint density at radius 3 is 2.47 bits per heavy atom. The molecule has 0 aromatic heterocycles. The van der Waals surface area contributed by atoms with Crippen molar-refractivity contribution in [2.75, 3.05) is 18.1 Å². The number of benzene rings is 3. The molecule has 34 heavy (non-hydrogen) atoms. The van der Waals surface area contributed by atoms with E-state index in [2.05, 4.69) is 19.1 Å². The number of hydrogen-bond donors (Lipinski definition) is 0. The highest BCUT2D eigenvalue weighted by atomic mass is 35.5. The molecule has 0 spiro atoms. The molecule has 0 radical (unpaired) electrons. The average Bonchev–Trinajstić information content (AvgIpc) is 3.13. The van der Waals surface area contributed by atoms with Crippen LogP contribution in [0.4, 0.5) is 5.69 Å². The number of amides is 1. The van der Waals surface area contributed by atoms with Gasteiger partial charge in [-0.3, -0.25) is 9.69 Å². The number of para-hydroxylation sites is 1. The van der Waals surface area contributed by atoms with Gasteiger partial charge in [0.25, 0.3) is 5.91 Å². The van der Waals surface area contributed by atoms with Crippen molar-refractivity contribution < 1.29 is 14.3 Å². The second-order valence-corrected chi connectivity index (χ2v) is 9.70. The van der Waals surface area contributed by atoms with Crippen molar-refractivity contribution in [1.82, 2.24) is 0 Å². The molecule has 4 rings (SSSR count). The first-order valence-corrected chi connectivity index (χ1v) is 12.6. The van der Waals surface area contributed by atoms with Crippen LogP contribution in [0.1, 0.15) is 24.5 Å². The minimum absolute atomic E-state index is 0.158. The van der Waals surface area contributed by atoms with Crippen LogP contribution in [0.3, 0.4) is 0 Å². The van der Waals surface area contributed by atoms with Crippen LogP contribution >= 0.6 is 35.6 Å². The summed E-state index contributed by atoms with van der Waals surface area (Å²) in [6.07, 6.45) is 3.51. The van der Waals surface area contributed by atoms with E-state index in [9.17, 15) is 4.79 Å². The van der Waals surface area contributed by atoms with E-state index in [1.165, 1.54) is 17.3 Å². The highest BCUT2D eigenvalue weighted by Gasteiger charge is 2.33. The lowest BCUT2D eigenvalue weighted by molar-refractivity contribution is -0.113. The van der Waals surface area contributed by atoms with Gasteiger partial charge in [0.1, 0.15) is 11.5 Å². The summed E-state index contributed by atoms with van der Waals surface area (Å²) in [6, 6.07) is 22.9. The summed E-state index contributed by atoms with van der Waals surface area (Å²) in [5.74, 6) is 1.35. The molecule has 0 N–H and O–H groups in total. The summed E-state index contributed by atoms with van der Waals surface area (Å²) in [6.45, 7) is 3.15. The molecule has 1 fully saturated rings. The third-order valence-electron chi connectivity index (χ3n) is 5.21. The second-order valence-electron chi connectivity index (χ2n) is 7.58. The van der Waals surface area contributed by atoms with Gasteiger partial charge in [0.05, 0.1) is 23.8 Å². The number of ether oxygens (including phenoxy) is 2. The largest absolute Gasteiger partial charge is 0.493 e. The van der Waals surface area contributed by atoms with E-state index >= 15 is 0 Å². The van der Waals surface area contributed by atoms with Crippen LogP contribution in [0.25, 0.3) is 6.08 Å². The van der Waals surface area contributed by atoms with Crippen LogP contribution in [0.15, 0.2) is 77.7 Å². The van der Waals surface area contributed by atoms with Gasteiger partial charge in [-0.15, -0.1) is 0 Å². The summed E-state index contributed by atoms with van der Waals surface area (Å²) in [5.41, 5.74) is 2.77. The van der Waals surface area contributed by atoms with Gasteiger partial charge < -0.3 is 9.47 Å². The van der Waals surface area contributed by atoms with E-state index in [1.54, 1.807) is 23.1 Å². The standard InChI is InChI=1S/C27H24ClNO3S2/c1-2-19-9-12-23(13-10-19)31-15-6-16-32-24-14-11-21(28)17-20(24)18-25-26(30)29(27(33)34-25)22-7-4-3-5-8-22/h3-5,7-14,17-18H,2,6,15-16H2,1H3. The van der Waals surface area contributed by atoms with Gasteiger partial charge in [0.15, 0.2) is 4.32 Å². The first-order valence-electron chi connectivity index (χ1n) is 11.0. The number of aryl methyl sites for hydroxylation is 1. The van der Waals surface area contributed by atoms with Crippen molar-refractivity contribution in [3.8, 4) is 11.5 Å². The second kappa shape index (κ2) is 11.6. The Hall–Kier alpha value is -2.80. The lowest BCUT2D eigenvalue weighted by Gasteiger charge is -2.14. The third kappa shape index (κ3) is 6.00. The van der Waals surface area contributed by atoms with Crippen molar-refractivity contribution >= 4 is 57.6 Å². The highest BCUT2D eigenvalue weighted by molar-refractivity contribution is 8.27. The average molecular weight is 510 g/mol. The Balaban J connectivity index is 1.39. The van der Waals surface area contributed by atoms with Crippen LogP contribution in [0.5, 0.6) is 11.5 Å². The molecule has 0 bridgehead atoms. The van der Waals surface area contributed by atoms with Crippen LogP contribution in [0, 0.1) is 0 Å². The van der Waals surface area contributed by atoms with Gasteiger partial charge in [-0.2, -0.15) is 0 Å². The van der Waals surface area contributed by atoms with E-state index in [1.807, 2.05) is 48.5 Å². The summed E-state index contributed by atoms with van der Waals surface area (Å²) in [4.78, 5) is 15.1. The number of nitrogens with zero attached hydrogens (tertiary/aromatic N) is 1. The predicted molar refractivity (Wildman–Crippen MR) is 145 cm³/mol. The molecule has 1 amide bonds. The third-order valence-corrected chi connectivity index (χ3v) is 6.75. The molecule has 0 atom stereocenters. The number of halogens is 1. The molecule has 4 nitrogen and oxygen atoms in total. The fraction of sp³-hybridized carbons (Fsp3) is 0.185. The van der Waals surface area contributed by atoms with Gasteiger partial charge in [-0.05, 0) is 60.5 Å². The number of rotatable bonds is 9. The summed E-state index contributed by atoms with van der Waals surface area (Å²) in [7, 11) is 0. The summed E-state index contributed by atoms with van der Waals surface area (Å²) >= 11 is 13.0. The molecule has 0 aliphatic carbocycles. The quantitative estimate of drug-likeness (QED) is 0.174. The fourth-order valence-electron chi connectivity index (χ4n) is 3.42. The molecular formula is C27H24ClNO3S2. The molecule has 3 aromatic rings. The molecule has 7 heteroatoms. The van der Waals surface area contributed by atoms with E-state index < -0.39 is 0 Å². The molecule has 0 saturated carbocycles. The Kier molecular flexibility index (Phi) is 8.27. The van der Waals surface area contributed by atoms with E-state index in [-0.39, 0.29) is 5.91 Å². The molecule has 0 unspecified atom stereocenters. The molecule has 3 aromatic carbocycles. The summed E-state index contributed by atoms with van der Waals surface area (Å²) in [5, 5.41) is 0.566. The molecule has 1 heterocycles. The van der Waals surface area contributed by atoms with Crippen LogP contribution in [-0.2, 0) is 11.2 Å². The van der Waals surface area contributed by atoms with Crippen LogP contribution in [-0.4, -0.2) is 23.4 Å². The SMILES string of the molecule is CCc1ccc(OCCCOc2ccc(Cl)cc2C=C2SC(=S)N(c3ccccc3)C2=O)cc1. The smallest absolute Gasteiger partial charge is 0.270 e.